The quantitative estimate of drug-likeness (QED) is 0.336. The normalized spacial score (nSPS) is 11.3. The third kappa shape index (κ3) is 5.90. The Hall–Kier alpha value is -2.35. The van der Waals surface area contributed by atoms with E-state index in [1.807, 2.05) is 0 Å². The zero-order valence-electron chi connectivity index (χ0n) is 12.5. The van der Waals surface area contributed by atoms with Gasteiger partial charge in [0.25, 0.3) is 0 Å². The Morgan fingerprint density at radius 2 is 1.60 bits per heavy atom. The lowest BCUT2D eigenvalue weighted by Crippen LogP contribution is -2.08. The highest BCUT2D eigenvalue weighted by molar-refractivity contribution is 9.10. The van der Waals surface area contributed by atoms with Crippen molar-refractivity contribution < 1.29 is 31.8 Å². The van der Waals surface area contributed by atoms with Crippen LogP contribution in [0.15, 0.2) is 53.0 Å². The summed E-state index contributed by atoms with van der Waals surface area (Å²) in [6.45, 7) is -6.35. The smallest absolute Gasteiger partial charge is 0.387 e. The summed E-state index contributed by atoms with van der Waals surface area (Å²) < 4.78 is 58.7. The molecule has 0 amide bonds. The maximum atomic E-state index is 12.5. The number of ketones is 1. The number of carbonyl (C=O) groups excluding carboxylic acids is 1. The van der Waals surface area contributed by atoms with Crippen molar-refractivity contribution in [1.82, 2.24) is 0 Å². The van der Waals surface area contributed by atoms with E-state index in [2.05, 4.69) is 25.4 Å². The largest absolute Gasteiger partial charge is 0.435 e. The van der Waals surface area contributed by atoms with Gasteiger partial charge in [-0.3, -0.25) is 4.79 Å². The van der Waals surface area contributed by atoms with Crippen LogP contribution in [0, 0.1) is 0 Å². The molecular formula is C17H11BrF4O3. The van der Waals surface area contributed by atoms with Crippen molar-refractivity contribution >= 4 is 27.8 Å². The van der Waals surface area contributed by atoms with Gasteiger partial charge in [-0.15, -0.1) is 0 Å². The number of rotatable bonds is 7. The molecule has 0 aliphatic heterocycles. The van der Waals surface area contributed by atoms with E-state index in [1.54, 1.807) is 24.3 Å². The number of hydrogen-bond acceptors (Lipinski definition) is 3. The van der Waals surface area contributed by atoms with Crippen LogP contribution >= 0.6 is 15.9 Å². The molecule has 2 aromatic rings. The summed E-state index contributed by atoms with van der Waals surface area (Å²) in [4.78, 5) is 12.2. The van der Waals surface area contributed by atoms with E-state index in [-0.39, 0.29) is 11.3 Å². The summed E-state index contributed by atoms with van der Waals surface area (Å²) >= 11 is 3.27. The number of allylic oxidation sites excluding steroid dienone is 1. The first-order valence-corrected chi connectivity index (χ1v) is 7.66. The molecule has 0 heterocycles. The molecular weight excluding hydrogens is 408 g/mol. The van der Waals surface area contributed by atoms with Crippen molar-refractivity contribution in [3.8, 4) is 11.5 Å². The molecule has 25 heavy (non-hydrogen) atoms. The second kappa shape index (κ2) is 8.66. The fraction of sp³-hybridized carbons (Fsp3) is 0.118. The van der Waals surface area contributed by atoms with Crippen molar-refractivity contribution in [3.05, 3.63) is 64.1 Å². The highest BCUT2D eigenvalue weighted by Crippen LogP contribution is 2.28. The van der Waals surface area contributed by atoms with Gasteiger partial charge in [-0.25, -0.2) is 0 Å². The third-order valence-corrected chi connectivity index (χ3v) is 3.49. The van der Waals surface area contributed by atoms with E-state index in [0.717, 1.165) is 22.7 Å². The van der Waals surface area contributed by atoms with Gasteiger partial charge < -0.3 is 9.47 Å². The molecule has 8 heteroatoms. The van der Waals surface area contributed by atoms with E-state index >= 15 is 0 Å². The van der Waals surface area contributed by atoms with Gasteiger partial charge in [0.2, 0.25) is 0 Å². The average Bonchev–Trinajstić information content (AvgIpc) is 2.53. The molecule has 3 nitrogen and oxygen atoms in total. The van der Waals surface area contributed by atoms with Crippen molar-refractivity contribution in [2.45, 2.75) is 13.2 Å². The summed E-state index contributed by atoms with van der Waals surface area (Å²) in [5.41, 5.74) is 0.515. The van der Waals surface area contributed by atoms with E-state index < -0.39 is 24.8 Å². The Balaban J connectivity index is 2.25. The molecule has 0 fully saturated rings. The Morgan fingerprint density at radius 3 is 2.20 bits per heavy atom. The Morgan fingerprint density at radius 1 is 0.960 bits per heavy atom. The van der Waals surface area contributed by atoms with E-state index in [4.69, 9.17) is 0 Å². The molecule has 0 aliphatic rings. The van der Waals surface area contributed by atoms with Crippen molar-refractivity contribution in [1.29, 1.82) is 0 Å². The molecule has 0 N–H and O–H groups in total. The lowest BCUT2D eigenvalue weighted by Gasteiger charge is -2.11. The molecule has 0 aromatic heterocycles. The number of benzene rings is 2. The molecule has 2 rings (SSSR count). The predicted molar refractivity (Wildman–Crippen MR) is 87.2 cm³/mol. The summed E-state index contributed by atoms with van der Waals surface area (Å²) in [6, 6.07) is 10.00. The summed E-state index contributed by atoms with van der Waals surface area (Å²) in [7, 11) is 0. The number of carbonyl (C=O) groups is 1. The van der Waals surface area contributed by atoms with Gasteiger partial charge in [0.15, 0.2) is 5.78 Å². The van der Waals surface area contributed by atoms with Crippen LogP contribution in [0.1, 0.15) is 15.9 Å². The molecule has 0 saturated carbocycles. The van der Waals surface area contributed by atoms with Crippen LogP contribution in [0.25, 0.3) is 6.08 Å². The first-order chi connectivity index (χ1) is 11.8. The number of hydrogen-bond donors (Lipinski definition) is 0. The maximum absolute atomic E-state index is 12.5. The van der Waals surface area contributed by atoms with Crippen LogP contribution in [0.3, 0.4) is 0 Å². The molecule has 0 atom stereocenters. The van der Waals surface area contributed by atoms with Crippen LogP contribution < -0.4 is 9.47 Å². The van der Waals surface area contributed by atoms with Crippen molar-refractivity contribution in [3.63, 3.8) is 0 Å². The Bertz CT molecular complexity index is 761. The average molecular weight is 419 g/mol. The van der Waals surface area contributed by atoms with E-state index in [9.17, 15) is 22.4 Å². The van der Waals surface area contributed by atoms with Gasteiger partial charge >= 0.3 is 13.2 Å². The molecule has 0 spiro atoms. The first-order valence-electron chi connectivity index (χ1n) is 6.87. The van der Waals surface area contributed by atoms with Gasteiger partial charge in [-0.1, -0.05) is 34.1 Å². The molecule has 0 saturated heterocycles. The van der Waals surface area contributed by atoms with E-state index in [1.165, 1.54) is 12.2 Å². The minimum absolute atomic E-state index is 0.199. The highest BCUT2D eigenvalue weighted by atomic mass is 79.9. The molecule has 2 aromatic carbocycles. The summed E-state index contributed by atoms with van der Waals surface area (Å²) in [5.74, 6) is -1.56. The topological polar surface area (TPSA) is 35.5 Å². The number of alkyl halides is 4. The van der Waals surface area contributed by atoms with Gasteiger partial charge in [-0.2, -0.15) is 17.6 Å². The Kier molecular flexibility index (Phi) is 6.58. The van der Waals surface area contributed by atoms with Gasteiger partial charge in [-0.05, 0) is 35.9 Å². The SMILES string of the molecule is O=C(C=Cc1ccc(Br)cc1)c1ccc(OC(F)F)cc1OC(F)F. The van der Waals surface area contributed by atoms with Crippen LogP contribution in [-0.2, 0) is 0 Å². The second-order valence-corrected chi connectivity index (χ2v) is 5.58. The molecule has 132 valence electrons. The van der Waals surface area contributed by atoms with Gasteiger partial charge in [0.1, 0.15) is 11.5 Å². The minimum atomic E-state index is -3.22. The zero-order valence-corrected chi connectivity index (χ0v) is 14.1. The first kappa shape index (κ1) is 19.0. The van der Waals surface area contributed by atoms with Crippen LogP contribution in [0.2, 0.25) is 0 Å². The van der Waals surface area contributed by atoms with Crippen molar-refractivity contribution in [2.24, 2.45) is 0 Å². The molecule has 0 radical (unpaired) electrons. The lowest BCUT2D eigenvalue weighted by atomic mass is 10.1. The second-order valence-electron chi connectivity index (χ2n) is 4.66. The van der Waals surface area contributed by atoms with Crippen LogP contribution in [0.5, 0.6) is 11.5 Å². The summed E-state index contributed by atoms with van der Waals surface area (Å²) in [5, 5.41) is 0. The van der Waals surface area contributed by atoms with Crippen LogP contribution in [-0.4, -0.2) is 19.0 Å². The number of ether oxygens (including phenoxy) is 2. The molecule has 0 aliphatic carbocycles. The fourth-order valence-corrected chi connectivity index (χ4v) is 2.18. The summed E-state index contributed by atoms with van der Waals surface area (Å²) in [6.07, 6.45) is 2.66. The molecule has 0 unspecified atom stereocenters. The predicted octanol–water partition coefficient (Wildman–Crippen LogP) is 5.55. The standard InChI is InChI=1S/C17H11BrF4O3/c18-11-4-1-10(2-5-11)3-8-14(23)13-7-6-12(24-16(19)20)9-15(13)25-17(21)22/h1-9,16-17H. The van der Waals surface area contributed by atoms with E-state index in [0.29, 0.717) is 5.56 Å². The lowest BCUT2D eigenvalue weighted by molar-refractivity contribution is -0.0544. The number of halogens is 5. The highest BCUT2D eigenvalue weighted by Gasteiger charge is 2.16. The monoisotopic (exact) mass is 418 g/mol. The third-order valence-electron chi connectivity index (χ3n) is 2.96. The van der Waals surface area contributed by atoms with Gasteiger partial charge in [0.05, 0.1) is 5.56 Å². The maximum Gasteiger partial charge on any atom is 0.387 e. The van der Waals surface area contributed by atoms with Gasteiger partial charge in [0, 0.05) is 10.5 Å². The van der Waals surface area contributed by atoms with Crippen molar-refractivity contribution in [2.75, 3.05) is 0 Å². The molecule has 0 bridgehead atoms. The Labute approximate surface area is 149 Å². The minimum Gasteiger partial charge on any atom is -0.435 e. The fourth-order valence-electron chi connectivity index (χ4n) is 1.91. The zero-order chi connectivity index (χ0) is 18.4. The van der Waals surface area contributed by atoms with Crippen LogP contribution in [0.4, 0.5) is 17.6 Å².